The van der Waals surface area contributed by atoms with Gasteiger partial charge in [-0.1, -0.05) is 12.1 Å². The Balaban J connectivity index is 2.26. The summed E-state index contributed by atoms with van der Waals surface area (Å²) in [6.07, 6.45) is 0. The highest BCUT2D eigenvalue weighted by Gasteiger charge is 2.14. The fourth-order valence-electron chi connectivity index (χ4n) is 1.74. The summed E-state index contributed by atoms with van der Waals surface area (Å²) in [7, 11) is 1.59. The Morgan fingerprint density at radius 1 is 1.17 bits per heavy atom. The van der Waals surface area contributed by atoms with E-state index >= 15 is 0 Å². The first kappa shape index (κ1) is 12.6. The van der Waals surface area contributed by atoms with Gasteiger partial charge in [0.05, 0.1) is 0 Å². The quantitative estimate of drug-likeness (QED) is 0.775. The summed E-state index contributed by atoms with van der Waals surface area (Å²) in [4.78, 5) is 12.2. The number of benzene rings is 1. The third-order valence-electron chi connectivity index (χ3n) is 2.94. The van der Waals surface area contributed by atoms with Gasteiger partial charge in [-0.2, -0.15) is 0 Å². The molecular formula is C15H16O3. The molecule has 0 N–H and O–H groups in total. The molecule has 3 heteroatoms. The predicted octanol–water partition coefficient (Wildman–Crippen LogP) is 3.27. The van der Waals surface area contributed by atoms with Crippen molar-refractivity contribution in [3.8, 4) is 0 Å². The van der Waals surface area contributed by atoms with E-state index in [1.165, 1.54) is 5.56 Å². The fraction of sp³-hybridized carbons (Fsp3) is 0.267. The zero-order valence-corrected chi connectivity index (χ0v) is 10.8. The molecule has 3 nitrogen and oxygen atoms in total. The molecule has 0 amide bonds. The number of ether oxygens (including phenoxy) is 1. The molecule has 1 aromatic carbocycles. The number of methoxy groups -OCH3 is 1. The van der Waals surface area contributed by atoms with Crippen molar-refractivity contribution in [3.05, 3.63) is 58.5 Å². The number of rotatable bonds is 4. The molecule has 0 radical (unpaired) electrons. The van der Waals surface area contributed by atoms with E-state index in [9.17, 15) is 4.79 Å². The van der Waals surface area contributed by atoms with Crippen LogP contribution in [0.2, 0.25) is 0 Å². The first-order chi connectivity index (χ1) is 8.61. The van der Waals surface area contributed by atoms with Gasteiger partial charge >= 0.3 is 0 Å². The highest BCUT2D eigenvalue weighted by molar-refractivity contribution is 6.07. The molecule has 0 spiro atoms. The Kier molecular flexibility index (Phi) is 3.63. The van der Waals surface area contributed by atoms with Crippen molar-refractivity contribution >= 4 is 5.78 Å². The number of furan rings is 1. The van der Waals surface area contributed by atoms with Crippen LogP contribution < -0.4 is 0 Å². The second-order valence-electron chi connectivity index (χ2n) is 4.33. The third kappa shape index (κ3) is 2.51. The van der Waals surface area contributed by atoms with Crippen LogP contribution in [0.4, 0.5) is 0 Å². The standard InChI is InChI=1S/C15H16O3/c1-10-4-5-12(8-11(10)2)15(16)14-7-6-13(18-14)9-17-3/h4-8H,9H2,1-3H3. The molecule has 18 heavy (non-hydrogen) atoms. The van der Waals surface area contributed by atoms with Gasteiger partial charge in [0.15, 0.2) is 5.76 Å². The molecule has 0 atom stereocenters. The fourth-order valence-corrected chi connectivity index (χ4v) is 1.74. The van der Waals surface area contributed by atoms with E-state index in [2.05, 4.69) is 0 Å². The van der Waals surface area contributed by atoms with Gasteiger partial charge in [0, 0.05) is 12.7 Å². The summed E-state index contributed by atoms with van der Waals surface area (Å²) in [6, 6.07) is 9.10. The van der Waals surface area contributed by atoms with Gasteiger partial charge in [0.2, 0.25) is 5.78 Å². The van der Waals surface area contributed by atoms with Gasteiger partial charge in [-0.3, -0.25) is 4.79 Å². The van der Waals surface area contributed by atoms with Gasteiger partial charge in [-0.15, -0.1) is 0 Å². The second-order valence-corrected chi connectivity index (χ2v) is 4.33. The lowest BCUT2D eigenvalue weighted by Gasteiger charge is -2.02. The predicted molar refractivity (Wildman–Crippen MR) is 68.8 cm³/mol. The van der Waals surface area contributed by atoms with Crippen molar-refractivity contribution < 1.29 is 13.9 Å². The molecular weight excluding hydrogens is 228 g/mol. The number of hydrogen-bond acceptors (Lipinski definition) is 3. The molecule has 0 unspecified atom stereocenters. The minimum atomic E-state index is -0.0968. The smallest absolute Gasteiger partial charge is 0.228 e. The van der Waals surface area contributed by atoms with Crippen molar-refractivity contribution in [2.24, 2.45) is 0 Å². The van der Waals surface area contributed by atoms with Crippen molar-refractivity contribution in [2.75, 3.05) is 7.11 Å². The molecule has 0 saturated heterocycles. The molecule has 1 aromatic heterocycles. The van der Waals surface area contributed by atoms with Crippen LogP contribution in [-0.2, 0) is 11.3 Å². The normalized spacial score (nSPS) is 10.6. The van der Waals surface area contributed by atoms with Gasteiger partial charge in [0.25, 0.3) is 0 Å². The summed E-state index contributed by atoms with van der Waals surface area (Å²) in [5.74, 6) is 0.912. The Hall–Kier alpha value is -1.87. The third-order valence-corrected chi connectivity index (χ3v) is 2.94. The number of hydrogen-bond donors (Lipinski definition) is 0. The van der Waals surface area contributed by atoms with Crippen molar-refractivity contribution in [1.82, 2.24) is 0 Å². The van der Waals surface area contributed by atoms with Crippen LogP contribution in [0.1, 0.15) is 33.0 Å². The van der Waals surface area contributed by atoms with Gasteiger partial charge in [0.1, 0.15) is 12.4 Å². The molecule has 1 heterocycles. The summed E-state index contributed by atoms with van der Waals surface area (Å²) in [6.45, 7) is 4.39. The maximum Gasteiger partial charge on any atom is 0.228 e. The topological polar surface area (TPSA) is 39.4 Å². The maximum atomic E-state index is 12.2. The van der Waals surface area contributed by atoms with Crippen LogP contribution in [0.25, 0.3) is 0 Å². The van der Waals surface area contributed by atoms with Crippen LogP contribution in [0.15, 0.2) is 34.7 Å². The first-order valence-electron chi connectivity index (χ1n) is 5.81. The van der Waals surface area contributed by atoms with E-state index in [-0.39, 0.29) is 5.78 Å². The van der Waals surface area contributed by atoms with Crippen molar-refractivity contribution in [2.45, 2.75) is 20.5 Å². The summed E-state index contributed by atoms with van der Waals surface area (Å²) in [5, 5.41) is 0. The maximum absolute atomic E-state index is 12.2. The van der Waals surface area contributed by atoms with E-state index in [4.69, 9.17) is 9.15 Å². The number of aryl methyl sites for hydroxylation is 2. The highest BCUT2D eigenvalue weighted by atomic mass is 16.5. The Labute approximate surface area is 106 Å². The second kappa shape index (κ2) is 5.19. The minimum absolute atomic E-state index is 0.0968. The Morgan fingerprint density at radius 2 is 1.94 bits per heavy atom. The van der Waals surface area contributed by atoms with E-state index in [0.717, 1.165) is 5.56 Å². The largest absolute Gasteiger partial charge is 0.455 e. The lowest BCUT2D eigenvalue weighted by atomic mass is 10.0. The summed E-state index contributed by atoms with van der Waals surface area (Å²) >= 11 is 0. The molecule has 2 aromatic rings. The highest BCUT2D eigenvalue weighted by Crippen LogP contribution is 2.16. The van der Waals surface area contributed by atoms with E-state index in [1.54, 1.807) is 19.2 Å². The van der Waals surface area contributed by atoms with E-state index in [1.807, 2.05) is 32.0 Å². The van der Waals surface area contributed by atoms with Crippen LogP contribution >= 0.6 is 0 Å². The van der Waals surface area contributed by atoms with Crippen LogP contribution in [0.3, 0.4) is 0 Å². The monoisotopic (exact) mass is 244 g/mol. The zero-order chi connectivity index (χ0) is 13.1. The molecule has 0 bridgehead atoms. The molecule has 0 fully saturated rings. The summed E-state index contributed by atoms with van der Waals surface area (Å²) in [5.41, 5.74) is 2.92. The average molecular weight is 244 g/mol. The van der Waals surface area contributed by atoms with E-state index in [0.29, 0.717) is 23.7 Å². The molecule has 0 aliphatic carbocycles. The van der Waals surface area contributed by atoms with Gasteiger partial charge in [-0.25, -0.2) is 0 Å². The minimum Gasteiger partial charge on any atom is -0.455 e. The van der Waals surface area contributed by atoms with Crippen molar-refractivity contribution in [3.63, 3.8) is 0 Å². The lowest BCUT2D eigenvalue weighted by Crippen LogP contribution is -2.00. The van der Waals surface area contributed by atoms with Crippen molar-refractivity contribution in [1.29, 1.82) is 0 Å². The first-order valence-corrected chi connectivity index (χ1v) is 5.81. The average Bonchev–Trinajstić information content (AvgIpc) is 2.81. The molecule has 0 saturated carbocycles. The lowest BCUT2D eigenvalue weighted by molar-refractivity contribution is 0.1000. The van der Waals surface area contributed by atoms with Crippen LogP contribution in [-0.4, -0.2) is 12.9 Å². The van der Waals surface area contributed by atoms with E-state index < -0.39 is 0 Å². The Bertz CT molecular complexity index is 567. The molecule has 0 aliphatic rings. The number of carbonyl (C=O) groups excluding carboxylic acids is 1. The molecule has 2 rings (SSSR count). The summed E-state index contributed by atoms with van der Waals surface area (Å²) < 4.78 is 10.4. The van der Waals surface area contributed by atoms with Crippen LogP contribution in [0, 0.1) is 13.8 Å². The SMILES string of the molecule is COCc1ccc(C(=O)c2ccc(C)c(C)c2)o1. The Morgan fingerprint density at radius 3 is 2.61 bits per heavy atom. The van der Waals surface area contributed by atoms with Crippen LogP contribution in [0.5, 0.6) is 0 Å². The number of carbonyl (C=O) groups is 1. The van der Waals surface area contributed by atoms with Gasteiger partial charge in [-0.05, 0) is 43.2 Å². The number of ketones is 1. The molecule has 0 aliphatic heterocycles. The zero-order valence-electron chi connectivity index (χ0n) is 10.8. The molecule has 94 valence electrons. The van der Waals surface area contributed by atoms with Gasteiger partial charge < -0.3 is 9.15 Å².